The summed E-state index contributed by atoms with van der Waals surface area (Å²) in [5, 5.41) is 10.3. The van der Waals surface area contributed by atoms with E-state index < -0.39 is 6.10 Å². The van der Waals surface area contributed by atoms with Crippen LogP contribution in [-0.4, -0.2) is 54.1 Å². The molecule has 1 aromatic carbocycles. The van der Waals surface area contributed by atoms with Crippen LogP contribution >= 0.6 is 0 Å². The number of rotatable bonds is 12. The van der Waals surface area contributed by atoms with E-state index in [9.17, 15) is 5.11 Å². The molecule has 28 heavy (non-hydrogen) atoms. The Hall–Kier alpha value is -2.26. The number of hydrogen-bond donors (Lipinski definition) is 1. The van der Waals surface area contributed by atoms with Gasteiger partial charge in [0, 0.05) is 38.1 Å². The molecule has 5 nitrogen and oxygen atoms in total. The monoisotopic (exact) mass is 384 g/mol. The molecular formula is C23H32N2O3. The second-order valence-corrected chi connectivity index (χ2v) is 7.44. The summed E-state index contributed by atoms with van der Waals surface area (Å²) in [4.78, 5) is 2.27. The Bertz CT molecular complexity index is 748. The Labute approximate surface area is 168 Å². The zero-order chi connectivity index (χ0) is 20.4. The molecule has 0 radical (unpaired) electrons. The number of terminal acetylenes is 1. The fourth-order valence-corrected chi connectivity index (χ4v) is 3.27. The number of aromatic nitrogens is 1. The van der Waals surface area contributed by atoms with E-state index in [2.05, 4.69) is 59.7 Å². The number of aliphatic hydroxyl groups excluding tert-OH is 1. The quantitative estimate of drug-likeness (QED) is 0.451. The van der Waals surface area contributed by atoms with Crippen LogP contribution in [0, 0.1) is 18.3 Å². The summed E-state index contributed by atoms with van der Waals surface area (Å²) in [6, 6.07) is 12.3. The molecule has 1 N–H and O–H groups in total. The third-order valence-corrected chi connectivity index (χ3v) is 4.38. The molecule has 0 saturated heterocycles. The molecule has 0 unspecified atom stereocenters. The minimum atomic E-state index is -0.561. The van der Waals surface area contributed by atoms with E-state index >= 15 is 0 Å². The first-order valence-corrected chi connectivity index (χ1v) is 9.70. The minimum Gasteiger partial charge on any atom is -0.497 e. The maximum absolute atomic E-state index is 10.3. The first-order chi connectivity index (χ1) is 13.5. The summed E-state index contributed by atoms with van der Waals surface area (Å²) in [6.45, 7) is 7.84. The van der Waals surface area contributed by atoms with E-state index in [-0.39, 0.29) is 13.2 Å². The number of nitrogens with zero attached hydrogens (tertiary/aromatic N) is 2. The molecule has 0 aliphatic carbocycles. The molecule has 0 fully saturated rings. The van der Waals surface area contributed by atoms with Gasteiger partial charge in [-0.1, -0.05) is 31.9 Å². The summed E-state index contributed by atoms with van der Waals surface area (Å²) in [5.41, 5.74) is 2.40. The van der Waals surface area contributed by atoms with Crippen molar-refractivity contribution in [1.82, 2.24) is 9.47 Å². The third kappa shape index (κ3) is 7.40. The van der Waals surface area contributed by atoms with E-state index in [0.717, 1.165) is 25.4 Å². The summed E-state index contributed by atoms with van der Waals surface area (Å²) in [5.74, 6) is 3.79. The predicted octanol–water partition coefficient (Wildman–Crippen LogP) is 3.01. The zero-order valence-corrected chi connectivity index (χ0v) is 17.2. The Balaban J connectivity index is 2.03. The average molecular weight is 385 g/mol. The maximum Gasteiger partial charge on any atom is 0.119 e. The van der Waals surface area contributed by atoms with Gasteiger partial charge >= 0.3 is 0 Å². The highest BCUT2D eigenvalue weighted by Gasteiger charge is 2.15. The van der Waals surface area contributed by atoms with Crippen LogP contribution in [0.3, 0.4) is 0 Å². The first-order valence-electron chi connectivity index (χ1n) is 9.70. The summed E-state index contributed by atoms with van der Waals surface area (Å²) in [6.07, 6.45) is 6.72. The standard InChI is InChI=1S/C23H32N2O3/c1-5-12-28-18-22(26)17-24(14-19(2)3)16-21-9-7-11-25(21)15-20-8-6-10-23(13-20)27-4/h1,6-11,13,19,22,26H,12,14-18H2,2-4H3/t22-/m0/s1. The van der Waals surface area contributed by atoms with Crippen molar-refractivity contribution in [2.45, 2.75) is 33.0 Å². The van der Waals surface area contributed by atoms with Crippen molar-refractivity contribution in [3.63, 3.8) is 0 Å². The molecule has 2 aromatic rings. The van der Waals surface area contributed by atoms with Crippen LogP contribution in [0.2, 0.25) is 0 Å². The van der Waals surface area contributed by atoms with Gasteiger partial charge in [-0.2, -0.15) is 0 Å². The SMILES string of the molecule is C#CCOC[C@@H](O)CN(Cc1cccn1Cc1cccc(OC)c1)CC(C)C. The van der Waals surface area contributed by atoms with Gasteiger partial charge in [0.2, 0.25) is 0 Å². The number of aliphatic hydroxyl groups is 1. The van der Waals surface area contributed by atoms with Crippen molar-refractivity contribution in [1.29, 1.82) is 0 Å². The Morgan fingerprint density at radius 3 is 2.75 bits per heavy atom. The van der Waals surface area contributed by atoms with Gasteiger partial charge in [0.25, 0.3) is 0 Å². The van der Waals surface area contributed by atoms with E-state index in [1.165, 1.54) is 11.3 Å². The molecule has 1 aromatic heterocycles. The Morgan fingerprint density at radius 1 is 1.21 bits per heavy atom. The maximum atomic E-state index is 10.3. The Morgan fingerprint density at radius 2 is 2.04 bits per heavy atom. The normalized spacial score (nSPS) is 12.3. The lowest BCUT2D eigenvalue weighted by atomic mass is 10.2. The van der Waals surface area contributed by atoms with Crippen LogP contribution in [0.5, 0.6) is 5.75 Å². The van der Waals surface area contributed by atoms with Crippen LogP contribution in [0.25, 0.3) is 0 Å². The van der Waals surface area contributed by atoms with Crippen LogP contribution in [-0.2, 0) is 17.8 Å². The van der Waals surface area contributed by atoms with Gasteiger partial charge in [-0.3, -0.25) is 4.90 Å². The summed E-state index contributed by atoms with van der Waals surface area (Å²) >= 11 is 0. The van der Waals surface area contributed by atoms with Crippen molar-refractivity contribution in [3.05, 3.63) is 53.9 Å². The molecule has 0 amide bonds. The van der Waals surface area contributed by atoms with Crippen molar-refractivity contribution in [2.75, 3.05) is 33.4 Å². The molecular weight excluding hydrogens is 352 g/mol. The van der Waals surface area contributed by atoms with Crippen molar-refractivity contribution in [2.24, 2.45) is 5.92 Å². The Kier molecular flexibility index (Phi) is 9.09. The molecule has 2 rings (SSSR count). The van der Waals surface area contributed by atoms with Gasteiger partial charge in [-0.05, 0) is 35.7 Å². The molecule has 152 valence electrons. The lowest BCUT2D eigenvalue weighted by Gasteiger charge is -2.27. The van der Waals surface area contributed by atoms with Gasteiger partial charge in [0.15, 0.2) is 0 Å². The third-order valence-electron chi connectivity index (χ3n) is 4.38. The summed E-state index contributed by atoms with van der Waals surface area (Å²) < 4.78 is 12.8. The topological polar surface area (TPSA) is 46.9 Å². The molecule has 5 heteroatoms. The number of ether oxygens (including phenoxy) is 2. The lowest BCUT2D eigenvalue weighted by Crippen LogP contribution is -2.37. The van der Waals surface area contributed by atoms with Crippen LogP contribution in [0.4, 0.5) is 0 Å². The zero-order valence-electron chi connectivity index (χ0n) is 17.2. The van der Waals surface area contributed by atoms with Crippen LogP contribution < -0.4 is 4.74 Å². The fourth-order valence-electron chi connectivity index (χ4n) is 3.27. The first kappa shape index (κ1) is 22.0. The van der Waals surface area contributed by atoms with Crippen molar-refractivity contribution >= 4 is 0 Å². The number of methoxy groups -OCH3 is 1. The lowest BCUT2D eigenvalue weighted by molar-refractivity contribution is 0.0233. The minimum absolute atomic E-state index is 0.227. The highest BCUT2D eigenvalue weighted by atomic mass is 16.5. The van der Waals surface area contributed by atoms with Crippen LogP contribution in [0.15, 0.2) is 42.6 Å². The molecule has 1 atom stereocenters. The molecule has 1 heterocycles. The predicted molar refractivity (Wildman–Crippen MR) is 112 cm³/mol. The van der Waals surface area contributed by atoms with Gasteiger partial charge in [0.1, 0.15) is 12.4 Å². The molecule has 0 spiro atoms. The average Bonchev–Trinajstić information content (AvgIpc) is 3.08. The van der Waals surface area contributed by atoms with Gasteiger partial charge in [-0.25, -0.2) is 0 Å². The van der Waals surface area contributed by atoms with E-state index in [1.807, 2.05) is 12.1 Å². The second kappa shape index (κ2) is 11.6. The van der Waals surface area contributed by atoms with E-state index in [1.54, 1.807) is 7.11 Å². The van der Waals surface area contributed by atoms with Crippen molar-refractivity contribution in [3.8, 4) is 18.1 Å². The largest absolute Gasteiger partial charge is 0.497 e. The summed E-state index contributed by atoms with van der Waals surface area (Å²) in [7, 11) is 1.68. The van der Waals surface area contributed by atoms with Gasteiger partial charge < -0.3 is 19.1 Å². The van der Waals surface area contributed by atoms with E-state index in [0.29, 0.717) is 12.5 Å². The number of benzene rings is 1. The molecule has 0 aliphatic heterocycles. The molecule has 0 aliphatic rings. The second-order valence-electron chi connectivity index (χ2n) is 7.44. The van der Waals surface area contributed by atoms with E-state index in [4.69, 9.17) is 15.9 Å². The highest BCUT2D eigenvalue weighted by Crippen LogP contribution is 2.16. The van der Waals surface area contributed by atoms with Gasteiger partial charge in [0.05, 0.1) is 19.8 Å². The fraction of sp³-hybridized carbons (Fsp3) is 0.478. The highest BCUT2D eigenvalue weighted by molar-refractivity contribution is 5.29. The molecule has 0 bridgehead atoms. The molecule has 0 saturated carbocycles. The van der Waals surface area contributed by atoms with Crippen LogP contribution in [0.1, 0.15) is 25.1 Å². The van der Waals surface area contributed by atoms with Crippen molar-refractivity contribution < 1.29 is 14.6 Å². The number of hydrogen-bond acceptors (Lipinski definition) is 4. The van der Waals surface area contributed by atoms with Gasteiger partial charge in [-0.15, -0.1) is 6.42 Å². The smallest absolute Gasteiger partial charge is 0.119 e.